The zero-order valence-corrected chi connectivity index (χ0v) is 11.5. The van der Waals surface area contributed by atoms with Crippen molar-refractivity contribution in [1.29, 1.82) is 0 Å². The average Bonchev–Trinajstić information content (AvgIpc) is 2.82. The molecule has 19 heavy (non-hydrogen) atoms. The molecule has 4 nitrogen and oxygen atoms in total. The zero-order chi connectivity index (χ0) is 13.5. The number of unbranched alkanes of at least 4 members (excludes halogenated alkanes) is 2. The summed E-state index contributed by atoms with van der Waals surface area (Å²) in [6, 6.07) is 6.07. The summed E-state index contributed by atoms with van der Waals surface area (Å²) in [5, 5.41) is 1.19. The van der Waals surface area contributed by atoms with Crippen molar-refractivity contribution in [2.45, 2.75) is 32.6 Å². The van der Waals surface area contributed by atoms with E-state index < -0.39 is 0 Å². The van der Waals surface area contributed by atoms with Gasteiger partial charge in [0, 0.05) is 23.6 Å². The number of hydrogen-bond donors (Lipinski definition) is 3. The van der Waals surface area contributed by atoms with Crippen LogP contribution >= 0.6 is 0 Å². The number of aromatic amines is 1. The molecule has 2 rings (SSSR count). The molecule has 2 aromatic rings. The predicted octanol–water partition coefficient (Wildman–Crippen LogP) is 2.74. The molecule has 0 aliphatic heterocycles. The van der Waals surface area contributed by atoms with Gasteiger partial charge in [0.1, 0.15) is 5.75 Å². The summed E-state index contributed by atoms with van der Waals surface area (Å²) < 4.78 is 0. The van der Waals surface area contributed by atoms with Crippen molar-refractivity contribution in [2.24, 2.45) is 5.73 Å². The standard InChI is InChI=1S/C15H23N3O/c1-2-3-4-9-18-19-13-5-6-15-14(10-13)12(7-8-16)11-17-15/h5-6,10-11,17-18H,2-4,7-9,16H2,1H3. The summed E-state index contributed by atoms with van der Waals surface area (Å²) in [4.78, 5) is 8.82. The molecule has 4 N–H and O–H groups in total. The van der Waals surface area contributed by atoms with Crippen molar-refractivity contribution in [2.75, 3.05) is 13.1 Å². The van der Waals surface area contributed by atoms with E-state index in [1.54, 1.807) is 0 Å². The van der Waals surface area contributed by atoms with E-state index in [0.29, 0.717) is 6.54 Å². The fourth-order valence-electron chi connectivity index (χ4n) is 2.16. The number of fused-ring (bicyclic) bond motifs is 1. The van der Waals surface area contributed by atoms with Crippen LogP contribution < -0.4 is 16.1 Å². The summed E-state index contributed by atoms with van der Waals surface area (Å²) in [6.07, 6.45) is 6.50. The SMILES string of the molecule is CCCCCNOc1ccc2[nH]cc(CCN)c2c1. The Kier molecular flexibility index (Phi) is 5.24. The maximum absolute atomic E-state index is 5.62. The van der Waals surface area contributed by atoms with E-state index in [1.165, 1.54) is 23.8 Å². The quantitative estimate of drug-likeness (QED) is 0.506. The largest absolute Gasteiger partial charge is 0.409 e. The first-order valence-corrected chi connectivity index (χ1v) is 7.05. The molecular weight excluding hydrogens is 238 g/mol. The van der Waals surface area contributed by atoms with E-state index in [9.17, 15) is 0 Å². The Bertz CT molecular complexity index is 507. The number of benzene rings is 1. The van der Waals surface area contributed by atoms with Crippen molar-refractivity contribution in [3.05, 3.63) is 30.0 Å². The minimum absolute atomic E-state index is 0.660. The fourth-order valence-corrected chi connectivity index (χ4v) is 2.16. The lowest BCUT2D eigenvalue weighted by Gasteiger charge is -2.07. The first kappa shape index (κ1) is 13.9. The van der Waals surface area contributed by atoms with Crippen LogP contribution in [0.4, 0.5) is 0 Å². The Morgan fingerprint density at radius 3 is 3.00 bits per heavy atom. The lowest BCUT2D eigenvalue weighted by atomic mass is 10.1. The number of hydrogen-bond acceptors (Lipinski definition) is 3. The van der Waals surface area contributed by atoms with E-state index in [2.05, 4.69) is 23.5 Å². The highest BCUT2D eigenvalue weighted by molar-refractivity contribution is 5.84. The van der Waals surface area contributed by atoms with Crippen LogP contribution in [0.3, 0.4) is 0 Å². The summed E-state index contributed by atoms with van der Waals surface area (Å²) in [7, 11) is 0. The second-order valence-corrected chi connectivity index (χ2v) is 4.76. The van der Waals surface area contributed by atoms with Crippen molar-refractivity contribution < 1.29 is 4.84 Å². The Morgan fingerprint density at radius 1 is 1.32 bits per heavy atom. The summed E-state index contributed by atoms with van der Waals surface area (Å²) in [6.45, 7) is 3.74. The van der Waals surface area contributed by atoms with Gasteiger partial charge >= 0.3 is 0 Å². The smallest absolute Gasteiger partial charge is 0.147 e. The second kappa shape index (κ2) is 7.16. The van der Waals surface area contributed by atoms with Crippen LogP contribution in [-0.2, 0) is 6.42 Å². The highest BCUT2D eigenvalue weighted by Gasteiger charge is 2.04. The number of nitrogens with one attached hydrogen (secondary N) is 2. The van der Waals surface area contributed by atoms with E-state index in [0.717, 1.165) is 30.7 Å². The molecule has 0 saturated heterocycles. The maximum atomic E-state index is 5.62. The molecule has 1 aromatic carbocycles. The van der Waals surface area contributed by atoms with Crippen molar-refractivity contribution in [3.63, 3.8) is 0 Å². The molecule has 0 fully saturated rings. The number of H-pyrrole nitrogens is 1. The molecule has 0 radical (unpaired) electrons. The third-order valence-electron chi connectivity index (χ3n) is 3.22. The number of nitrogens with two attached hydrogens (primary N) is 1. The van der Waals surface area contributed by atoms with Gasteiger partial charge in [0.2, 0.25) is 0 Å². The molecule has 0 atom stereocenters. The van der Waals surface area contributed by atoms with Crippen LogP contribution in [0, 0.1) is 0 Å². The molecule has 0 amide bonds. The molecule has 1 heterocycles. The molecule has 0 saturated carbocycles. The molecule has 4 heteroatoms. The number of aromatic nitrogens is 1. The minimum Gasteiger partial charge on any atom is -0.409 e. The van der Waals surface area contributed by atoms with Gasteiger partial charge in [-0.2, -0.15) is 5.48 Å². The molecule has 0 unspecified atom stereocenters. The summed E-state index contributed by atoms with van der Waals surface area (Å²) >= 11 is 0. The highest BCUT2D eigenvalue weighted by atomic mass is 16.6. The third-order valence-corrected chi connectivity index (χ3v) is 3.22. The first-order chi connectivity index (χ1) is 9.35. The lowest BCUT2D eigenvalue weighted by Crippen LogP contribution is -2.19. The molecule has 0 aliphatic carbocycles. The Morgan fingerprint density at radius 2 is 2.21 bits per heavy atom. The summed E-state index contributed by atoms with van der Waals surface area (Å²) in [5.74, 6) is 0.849. The molecule has 0 aliphatic rings. The van der Waals surface area contributed by atoms with Gasteiger partial charge < -0.3 is 15.6 Å². The van der Waals surface area contributed by atoms with Crippen LogP contribution in [0.25, 0.3) is 10.9 Å². The van der Waals surface area contributed by atoms with E-state index in [-0.39, 0.29) is 0 Å². The van der Waals surface area contributed by atoms with Crippen LogP contribution in [0.5, 0.6) is 5.75 Å². The van der Waals surface area contributed by atoms with Gasteiger partial charge in [0.25, 0.3) is 0 Å². The van der Waals surface area contributed by atoms with E-state index >= 15 is 0 Å². The van der Waals surface area contributed by atoms with Gasteiger partial charge in [0.05, 0.1) is 0 Å². The van der Waals surface area contributed by atoms with Crippen molar-refractivity contribution in [1.82, 2.24) is 10.5 Å². The van der Waals surface area contributed by atoms with E-state index in [1.807, 2.05) is 18.3 Å². The predicted molar refractivity (Wildman–Crippen MR) is 79.2 cm³/mol. The lowest BCUT2D eigenvalue weighted by molar-refractivity contribution is 0.194. The van der Waals surface area contributed by atoms with Crippen molar-refractivity contribution in [3.8, 4) is 5.75 Å². The fraction of sp³-hybridized carbons (Fsp3) is 0.467. The van der Waals surface area contributed by atoms with Gasteiger partial charge in [0.15, 0.2) is 0 Å². The zero-order valence-electron chi connectivity index (χ0n) is 11.5. The normalized spacial score (nSPS) is 11.1. The third kappa shape index (κ3) is 3.72. The van der Waals surface area contributed by atoms with Gasteiger partial charge in [-0.25, -0.2) is 0 Å². The Labute approximate surface area is 114 Å². The Balaban J connectivity index is 1.97. The molecular formula is C15H23N3O. The van der Waals surface area contributed by atoms with Crippen LogP contribution in [0.1, 0.15) is 31.7 Å². The average molecular weight is 261 g/mol. The van der Waals surface area contributed by atoms with Crippen LogP contribution in [0.2, 0.25) is 0 Å². The molecule has 104 valence electrons. The van der Waals surface area contributed by atoms with Gasteiger partial charge in [-0.15, -0.1) is 0 Å². The van der Waals surface area contributed by atoms with Gasteiger partial charge in [-0.3, -0.25) is 0 Å². The monoisotopic (exact) mass is 261 g/mol. The molecule has 1 aromatic heterocycles. The van der Waals surface area contributed by atoms with Gasteiger partial charge in [-0.05, 0) is 43.1 Å². The maximum Gasteiger partial charge on any atom is 0.147 e. The molecule has 0 spiro atoms. The van der Waals surface area contributed by atoms with Gasteiger partial charge in [-0.1, -0.05) is 19.8 Å². The Hall–Kier alpha value is -1.52. The first-order valence-electron chi connectivity index (χ1n) is 7.05. The second-order valence-electron chi connectivity index (χ2n) is 4.76. The number of hydroxylamine groups is 1. The topological polar surface area (TPSA) is 63.1 Å². The van der Waals surface area contributed by atoms with Crippen LogP contribution in [0.15, 0.2) is 24.4 Å². The van der Waals surface area contributed by atoms with Crippen LogP contribution in [-0.4, -0.2) is 18.1 Å². The van der Waals surface area contributed by atoms with E-state index in [4.69, 9.17) is 10.6 Å². The highest BCUT2D eigenvalue weighted by Crippen LogP contribution is 2.23. The van der Waals surface area contributed by atoms with Crippen molar-refractivity contribution >= 4 is 10.9 Å². The number of rotatable bonds is 8. The summed E-state index contributed by atoms with van der Waals surface area (Å²) in [5.41, 5.74) is 11.0. The molecule has 0 bridgehead atoms. The minimum atomic E-state index is 0.660.